The van der Waals surface area contributed by atoms with Gasteiger partial charge in [0.05, 0.1) is 12.7 Å². The third-order valence-corrected chi connectivity index (χ3v) is 4.83. The van der Waals surface area contributed by atoms with E-state index in [1.54, 1.807) is 12.1 Å². The van der Waals surface area contributed by atoms with E-state index in [1.807, 2.05) is 55.5 Å². The van der Waals surface area contributed by atoms with Crippen LogP contribution in [0.3, 0.4) is 0 Å². The number of rotatable bonds is 4. The summed E-state index contributed by atoms with van der Waals surface area (Å²) in [7, 11) is 1.54. The molecule has 140 valence electrons. The molecule has 5 nitrogen and oxygen atoms in total. The summed E-state index contributed by atoms with van der Waals surface area (Å²) in [4.78, 5) is 17.1. The number of hydrogen-bond donors (Lipinski definition) is 1. The molecule has 0 atom stereocenters. The molecular weight excluding hydrogens is 420 g/mol. The van der Waals surface area contributed by atoms with Gasteiger partial charge < -0.3 is 14.5 Å². The van der Waals surface area contributed by atoms with Gasteiger partial charge in [0.15, 0.2) is 5.58 Å². The van der Waals surface area contributed by atoms with E-state index in [4.69, 9.17) is 9.15 Å². The maximum atomic E-state index is 12.6. The minimum atomic E-state index is -0.247. The third-order valence-electron chi connectivity index (χ3n) is 4.34. The van der Waals surface area contributed by atoms with Gasteiger partial charge in [0, 0.05) is 15.7 Å². The fourth-order valence-electron chi connectivity index (χ4n) is 2.91. The fourth-order valence-corrected chi connectivity index (χ4v) is 3.27. The van der Waals surface area contributed by atoms with Crippen LogP contribution in [0.25, 0.3) is 22.6 Å². The van der Waals surface area contributed by atoms with Crippen molar-refractivity contribution in [1.82, 2.24) is 4.98 Å². The molecule has 4 aromatic rings. The van der Waals surface area contributed by atoms with Crippen molar-refractivity contribution in [3.63, 3.8) is 0 Å². The van der Waals surface area contributed by atoms with Crippen molar-refractivity contribution in [2.75, 3.05) is 12.4 Å². The van der Waals surface area contributed by atoms with Crippen molar-refractivity contribution in [1.29, 1.82) is 0 Å². The van der Waals surface area contributed by atoms with E-state index in [9.17, 15) is 4.79 Å². The van der Waals surface area contributed by atoms with Gasteiger partial charge in [-0.1, -0.05) is 22.0 Å². The summed E-state index contributed by atoms with van der Waals surface area (Å²) in [6.45, 7) is 2.01. The Morgan fingerprint density at radius 2 is 1.86 bits per heavy atom. The van der Waals surface area contributed by atoms with Gasteiger partial charge in [-0.2, -0.15) is 0 Å². The van der Waals surface area contributed by atoms with Crippen LogP contribution in [0.1, 0.15) is 15.9 Å². The molecular formula is C22H17BrN2O3. The van der Waals surface area contributed by atoms with Crippen molar-refractivity contribution in [2.45, 2.75) is 6.92 Å². The zero-order chi connectivity index (χ0) is 19.7. The predicted molar refractivity (Wildman–Crippen MR) is 113 cm³/mol. The quantitative estimate of drug-likeness (QED) is 0.437. The largest absolute Gasteiger partial charge is 0.496 e. The molecule has 1 N–H and O–H groups in total. The first-order chi connectivity index (χ1) is 13.5. The summed E-state index contributed by atoms with van der Waals surface area (Å²) in [5.74, 6) is 0.814. The second-order valence-electron chi connectivity index (χ2n) is 6.37. The molecule has 0 fully saturated rings. The van der Waals surface area contributed by atoms with Crippen molar-refractivity contribution >= 4 is 38.6 Å². The Morgan fingerprint density at radius 3 is 2.61 bits per heavy atom. The number of oxazole rings is 1. The van der Waals surface area contributed by atoms with E-state index in [0.29, 0.717) is 22.9 Å². The van der Waals surface area contributed by atoms with Crippen molar-refractivity contribution in [2.24, 2.45) is 0 Å². The second-order valence-corrected chi connectivity index (χ2v) is 7.28. The number of methoxy groups -OCH3 is 1. The van der Waals surface area contributed by atoms with Gasteiger partial charge in [-0.15, -0.1) is 0 Å². The summed E-state index contributed by atoms with van der Waals surface area (Å²) in [6.07, 6.45) is 0. The fraction of sp³-hybridized carbons (Fsp3) is 0.0909. The molecule has 0 aliphatic carbocycles. The zero-order valence-electron chi connectivity index (χ0n) is 15.3. The van der Waals surface area contributed by atoms with E-state index in [0.717, 1.165) is 26.7 Å². The Balaban J connectivity index is 1.56. The number of anilines is 1. The molecule has 4 rings (SSSR count). The minimum Gasteiger partial charge on any atom is -0.496 e. The Morgan fingerprint density at radius 1 is 1.07 bits per heavy atom. The summed E-state index contributed by atoms with van der Waals surface area (Å²) < 4.78 is 11.9. The molecule has 6 heteroatoms. The number of amides is 1. The van der Waals surface area contributed by atoms with Crippen LogP contribution in [0.2, 0.25) is 0 Å². The molecule has 1 amide bonds. The Hall–Kier alpha value is -3.12. The number of halogens is 1. The van der Waals surface area contributed by atoms with Gasteiger partial charge in [-0.3, -0.25) is 4.79 Å². The van der Waals surface area contributed by atoms with E-state index < -0.39 is 0 Å². The van der Waals surface area contributed by atoms with Crippen molar-refractivity contribution in [3.05, 3.63) is 76.3 Å². The first kappa shape index (κ1) is 18.3. The van der Waals surface area contributed by atoms with Crippen LogP contribution < -0.4 is 10.1 Å². The number of fused-ring (bicyclic) bond motifs is 1. The smallest absolute Gasteiger partial charge is 0.259 e. The van der Waals surface area contributed by atoms with Crippen LogP contribution in [0.5, 0.6) is 5.75 Å². The topological polar surface area (TPSA) is 64.4 Å². The number of nitrogens with one attached hydrogen (secondary N) is 1. The Labute approximate surface area is 170 Å². The van der Waals surface area contributed by atoms with Crippen LogP contribution in [0.4, 0.5) is 5.69 Å². The van der Waals surface area contributed by atoms with Gasteiger partial charge in [-0.25, -0.2) is 4.98 Å². The lowest BCUT2D eigenvalue weighted by Gasteiger charge is -2.10. The highest BCUT2D eigenvalue weighted by atomic mass is 79.9. The number of nitrogens with zero attached hydrogens (tertiary/aromatic N) is 1. The molecule has 0 bridgehead atoms. The van der Waals surface area contributed by atoms with Gasteiger partial charge >= 0.3 is 0 Å². The van der Waals surface area contributed by atoms with E-state index in [1.165, 1.54) is 7.11 Å². The molecule has 0 aliphatic rings. The average molecular weight is 437 g/mol. The maximum Gasteiger partial charge on any atom is 0.259 e. The number of hydrogen-bond acceptors (Lipinski definition) is 4. The monoisotopic (exact) mass is 436 g/mol. The normalized spacial score (nSPS) is 10.8. The first-order valence-electron chi connectivity index (χ1n) is 8.66. The molecule has 0 unspecified atom stereocenters. The number of carbonyl (C=O) groups excluding carboxylic acids is 1. The van der Waals surface area contributed by atoms with Crippen LogP contribution in [0.15, 0.2) is 69.6 Å². The Kier molecular flexibility index (Phi) is 4.88. The van der Waals surface area contributed by atoms with E-state index in [-0.39, 0.29) is 5.91 Å². The van der Waals surface area contributed by atoms with Gasteiger partial charge in [-0.05, 0) is 67.1 Å². The molecule has 1 heterocycles. The van der Waals surface area contributed by atoms with Gasteiger partial charge in [0.2, 0.25) is 5.89 Å². The Bertz CT molecular complexity index is 1170. The summed E-state index contributed by atoms with van der Waals surface area (Å²) in [5, 5.41) is 2.88. The van der Waals surface area contributed by atoms with Gasteiger partial charge in [0.25, 0.3) is 5.91 Å². The summed E-state index contributed by atoms with van der Waals surface area (Å²) in [6, 6.07) is 18.6. The highest BCUT2D eigenvalue weighted by molar-refractivity contribution is 9.10. The maximum absolute atomic E-state index is 12.6. The standard InChI is InChI=1S/C22H17BrN2O3/c1-13-3-9-18-20(11-13)28-22(25-18)14-4-7-16(8-5-14)24-21(26)17-12-15(23)6-10-19(17)27-2/h3-12H,1-2H3,(H,24,26). The lowest BCUT2D eigenvalue weighted by atomic mass is 10.1. The second kappa shape index (κ2) is 7.48. The lowest BCUT2D eigenvalue weighted by molar-refractivity contribution is 0.102. The molecule has 0 radical (unpaired) electrons. The van der Waals surface area contributed by atoms with E-state index in [2.05, 4.69) is 26.2 Å². The molecule has 3 aromatic carbocycles. The number of benzene rings is 3. The van der Waals surface area contributed by atoms with Crippen LogP contribution in [-0.2, 0) is 0 Å². The molecule has 0 aliphatic heterocycles. The first-order valence-corrected chi connectivity index (χ1v) is 9.45. The minimum absolute atomic E-state index is 0.247. The van der Waals surface area contributed by atoms with Gasteiger partial charge in [0.1, 0.15) is 11.3 Å². The van der Waals surface area contributed by atoms with Crippen molar-refractivity contribution in [3.8, 4) is 17.2 Å². The summed E-state index contributed by atoms with van der Waals surface area (Å²) >= 11 is 3.38. The number of carbonyl (C=O) groups is 1. The molecule has 28 heavy (non-hydrogen) atoms. The lowest BCUT2D eigenvalue weighted by Crippen LogP contribution is -2.13. The highest BCUT2D eigenvalue weighted by Gasteiger charge is 2.14. The van der Waals surface area contributed by atoms with Crippen LogP contribution >= 0.6 is 15.9 Å². The SMILES string of the molecule is COc1ccc(Br)cc1C(=O)Nc1ccc(-c2nc3ccc(C)cc3o2)cc1. The number of aromatic nitrogens is 1. The van der Waals surface area contributed by atoms with E-state index >= 15 is 0 Å². The van der Waals surface area contributed by atoms with Crippen LogP contribution in [0, 0.1) is 6.92 Å². The molecule has 0 spiro atoms. The highest BCUT2D eigenvalue weighted by Crippen LogP contribution is 2.27. The van der Waals surface area contributed by atoms with Crippen LogP contribution in [-0.4, -0.2) is 18.0 Å². The molecule has 1 aromatic heterocycles. The summed E-state index contributed by atoms with van der Waals surface area (Å²) in [5.41, 5.74) is 4.66. The molecule has 0 saturated carbocycles. The molecule has 0 saturated heterocycles. The number of aryl methyl sites for hydroxylation is 1. The predicted octanol–water partition coefficient (Wildman–Crippen LogP) is 5.83. The zero-order valence-corrected chi connectivity index (χ0v) is 16.9. The third kappa shape index (κ3) is 3.64. The average Bonchev–Trinajstić information content (AvgIpc) is 3.11. The number of ether oxygens (including phenoxy) is 1. The van der Waals surface area contributed by atoms with Crippen molar-refractivity contribution < 1.29 is 13.9 Å².